The summed E-state index contributed by atoms with van der Waals surface area (Å²) in [6.45, 7) is 6.17. The quantitative estimate of drug-likeness (QED) is 0.846. The third kappa shape index (κ3) is 2.87. The zero-order chi connectivity index (χ0) is 12.3. The van der Waals surface area contributed by atoms with Gasteiger partial charge in [0, 0.05) is 43.9 Å². The Morgan fingerprint density at radius 2 is 2.47 bits per heavy atom. The molecule has 0 aliphatic carbocycles. The third-order valence-electron chi connectivity index (χ3n) is 3.67. The van der Waals surface area contributed by atoms with E-state index in [1.54, 1.807) is 0 Å². The molecule has 2 N–H and O–H groups in total. The molecule has 0 bridgehead atoms. The molecule has 1 aliphatic rings. The number of aryl methyl sites for hydroxylation is 1. The van der Waals surface area contributed by atoms with Crippen LogP contribution in [-0.4, -0.2) is 28.3 Å². The second kappa shape index (κ2) is 5.65. The van der Waals surface area contributed by atoms with Crippen LogP contribution < -0.4 is 5.73 Å². The highest BCUT2D eigenvalue weighted by atomic mass is 16.5. The molecule has 4 nitrogen and oxygen atoms in total. The van der Waals surface area contributed by atoms with Gasteiger partial charge in [-0.15, -0.1) is 0 Å². The number of nitrogens with zero attached hydrogens (tertiary/aromatic N) is 2. The first-order chi connectivity index (χ1) is 8.22. The van der Waals surface area contributed by atoms with E-state index in [-0.39, 0.29) is 6.04 Å². The molecule has 3 unspecified atom stereocenters. The van der Waals surface area contributed by atoms with Gasteiger partial charge in [0.05, 0.1) is 6.10 Å². The van der Waals surface area contributed by atoms with Gasteiger partial charge in [0.1, 0.15) is 5.82 Å². The molecule has 1 saturated heterocycles. The summed E-state index contributed by atoms with van der Waals surface area (Å²) >= 11 is 0. The molecule has 2 heterocycles. The van der Waals surface area contributed by atoms with Crippen LogP contribution in [0, 0.1) is 5.92 Å². The Bertz CT molecular complexity index is 350. The van der Waals surface area contributed by atoms with Crippen molar-refractivity contribution in [1.82, 2.24) is 9.55 Å². The lowest BCUT2D eigenvalue weighted by molar-refractivity contribution is 0.0992. The lowest BCUT2D eigenvalue weighted by Crippen LogP contribution is -2.36. The lowest BCUT2D eigenvalue weighted by atomic mass is 9.92. The van der Waals surface area contributed by atoms with Crippen LogP contribution in [0.2, 0.25) is 0 Å². The van der Waals surface area contributed by atoms with E-state index in [0.29, 0.717) is 12.0 Å². The molecule has 2 rings (SSSR count). The molecule has 3 atom stereocenters. The van der Waals surface area contributed by atoms with Gasteiger partial charge in [-0.1, -0.05) is 6.92 Å². The molecule has 4 heteroatoms. The van der Waals surface area contributed by atoms with Crippen molar-refractivity contribution in [2.75, 3.05) is 6.61 Å². The Morgan fingerprint density at radius 1 is 1.65 bits per heavy atom. The Hall–Kier alpha value is -0.870. The van der Waals surface area contributed by atoms with Crippen LogP contribution in [0.3, 0.4) is 0 Å². The summed E-state index contributed by atoms with van der Waals surface area (Å²) in [6.07, 6.45) is 7.26. The summed E-state index contributed by atoms with van der Waals surface area (Å²) in [5.74, 6) is 1.58. The van der Waals surface area contributed by atoms with Crippen LogP contribution in [0.25, 0.3) is 0 Å². The molecule has 96 valence electrons. The molecule has 0 radical (unpaired) electrons. The first kappa shape index (κ1) is 12.6. The van der Waals surface area contributed by atoms with Gasteiger partial charge in [-0.2, -0.15) is 0 Å². The average Bonchev–Trinajstić information content (AvgIpc) is 2.89. The highest BCUT2D eigenvalue weighted by Crippen LogP contribution is 2.24. The molecule has 0 spiro atoms. The normalized spacial score (nSPS) is 26.3. The second-order valence-corrected chi connectivity index (χ2v) is 4.93. The lowest BCUT2D eigenvalue weighted by Gasteiger charge is -2.22. The van der Waals surface area contributed by atoms with Crippen LogP contribution in [-0.2, 0) is 17.7 Å². The molecule has 0 amide bonds. The van der Waals surface area contributed by atoms with Gasteiger partial charge in [0.15, 0.2) is 0 Å². The fourth-order valence-electron chi connectivity index (χ4n) is 2.65. The van der Waals surface area contributed by atoms with Crippen LogP contribution in [0.15, 0.2) is 12.4 Å². The Balaban J connectivity index is 1.97. The predicted octanol–water partition coefficient (Wildman–Crippen LogP) is 1.59. The summed E-state index contributed by atoms with van der Waals surface area (Å²) in [4.78, 5) is 4.41. The van der Waals surface area contributed by atoms with Gasteiger partial charge in [-0.25, -0.2) is 4.98 Å². The van der Waals surface area contributed by atoms with Gasteiger partial charge >= 0.3 is 0 Å². The zero-order valence-electron chi connectivity index (χ0n) is 10.8. The molecule has 0 aromatic carbocycles. The van der Waals surface area contributed by atoms with E-state index in [9.17, 15) is 0 Å². The van der Waals surface area contributed by atoms with Gasteiger partial charge in [-0.05, 0) is 19.8 Å². The minimum atomic E-state index is 0.158. The van der Waals surface area contributed by atoms with Gasteiger partial charge < -0.3 is 15.0 Å². The smallest absolute Gasteiger partial charge is 0.110 e. The van der Waals surface area contributed by atoms with E-state index in [1.807, 2.05) is 12.4 Å². The molecule has 1 aliphatic heterocycles. The standard InChI is InChI=1S/C13H23N3O/c1-3-6-16-7-5-15-13(16)9-12(14)11-4-8-17-10(11)2/h5,7,10-12H,3-4,6,8-9,14H2,1-2H3. The summed E-state index contributed by atoms with van der Waals surface area (Å²) in [5, 5.41) is 0. The first-order valence-corrected chi connectivity index (χ1v) is 6.59. The van der Waals surface area contributed by atoms with Crippen molar-refractivity contribution in [2.24, 2.45) is 11.7 Å². The fraction of sp³-hybridized carbons (Fsp3) is 0.769. The molecule has 0 saturated carbocycles. The molecular weight excluding hydrogens is 214 g/mol. The molecule has 1 aromatic heterocycles. The Morgan fingerprint density at radius 3 is 3.12 bits per heavy atom. The number of hydrogen-bond acceptors (Lipinski definition) is 3. The van der Waals surface area contributed by atoms with E-state index in [2.05, 4.69) is 23.4 Å². The summed E-state index contributed by atoms with van der Waals surface area (Å²) in [6, 6.07) is 0.158. The summed E-state index contributed by atoms with van der Waals surface area (Å²) in [7, 11) is 0. The highest BCUT2D eigenvalue weighted by molar-refractivity contribution is 4.97. The maximum Gasteiger partial charge on any atom is 0.110 e. The number of rotatable bonds is 5. The summed E-state index contributed by atoms with van der Waals surface area (Å²) in [5.41, 5.74) is 6.29. The van der Waals surface area contributed by atoms with E-state index in [1.165, 1.54) is 0 Å². The second-order valence-electron chi connectivity index (χ2n) is 4.93. The third-order valence-corrected chi connectivity index (χ3v) is 3.67. The average molecular weight is 237 g/mol. The van der Waals surface area contributed by atoms with Crippen molar-refractivity contribution in [3.8, 4) is 0 Å². The maximum absolute atomic E-state index is 6.29. The van der Waals surface area contributed by atoms with Crippen molar-refractivity contribution in [3.63, 3.8) is 0 Å². The first-order valence-electron chi connectivity index (χ1n) is 6.59. The van der Waals surface area contributed by atoms with E-state index in [4.69, 9.17) is 10.5 Å². The molecular formula is C13H23N3O. The van der Waals surface area contributed by atoms with Crippen molar-refractivity contribution in [3.05, 3.63) is 18.2 Å². The fourth-order valence-corrected chi connectivity index (χ4v) is 2.65. The van der Waals surface area contributed by atoms with E-state index < -0.39 is 0 Å². The number of aromatic nitrogens is 2. The van der Waals surface area contributed by atoms with Gasteiger partial charge in [0.2, 0.25) is 0 Å². The minimum Gasteiger partial charge on any atom is -0.378 e. The summed E-state index contributed by atoms with van der Waals surface area (Å²) < 4.78 is 7.78. The Labute approximate surface area is 103 Å². The number of ether oxygens (including phenoxy) is 1. The number of imidazole rings is 1. The number of hydrogen-bond donors (Lipinski definition) is 1. The highest BCUT2D eigenvalue weighted by Gasteiger charge is 2.30. The van der Waals surface area contributed by atoms with Gasteiger partial charge in [0.25, 0.3) is 0 Å². The van der Waals surface area contributed by atoms with Crippen LogP contribution in [0.5, 0.6) is 0 Å². The van der Waals surface area contributed by atoms with Crippen LogP contribution in [0.1, 0.15) is 32.5 Å². The van der Waals surface area contributed by atoms with E-state index in [0.717, 1.165) is 38.2 Å². The molecule has 17 heavy (non-hydrogen) atoms. The molecule has 1 fully saturated rings. The largest absolute Gasteiger partial charge is 0.378 e. The minimum absolute atomic E-state index is 0.158. The predicted molar refractivity (Wildman–Crippen MR) is 67.7 cm³/mol. The van der Waals surface area contributed by atoms with Crippen molar-refractivity contribution in [2.45, 2.75) is 51.8 Å². The SMILES string of the molecule is CCCn1ccnc1CC(N)C1CCOC1C. The zero-order valence-corrected chi connectivity index (χ0v) is 10.8. The molecule has 1 aromatic rings. The monoisotopic (exact) mass is 237 g/mol. The van der Waals surface area contributed by atoms with Crippen molar-refractivity contribution >= 4 is 0 Å². The number of nitrogens with two attached hydrogens (primary N) is 1. The van der Waals surface area contributed by atoms with Crippen LogP contribution in [0.4, 0.5) is 0 Å². The van der Waals surface area contributed by atoms with Crippen molar-refractivity contribution in [1.29, 1.82) is 0 Å². The van der Waals surface area contributed by atoms with Gasteiger partial charge in [-0.3, -0.25) is 0 Å². The maximum atomic E-state index is 6.29. The van der Waals surface area contributed by atoms with E-state index >= 15 is 0 Å². The van der Waals surface area contributed by atoms with Crippen molar-refractivity contribution < 1.29 is 4.74 Å². The topological polar surface area (TPSA) is 53.1 Å². The Kier molecular flexibility index (Phi) is 4.18. The van der Waals surface area contributed by atoms with Crippen LogP contribution >= 0.6 is 0 Å².